The molecule has 1 fully saturated rings. The fraction of sp³-hybridized carbons (Fsp3) is 0.700. The highest BCUT2D eigenvalue weighted by Gasteiger charge is 2.33. The summed E-state index contributed by atoms with van der Waals surface area (Å²) in [6.07, 6.45) is 5.11. The number of ether oxygens (including phenoxy) is 2. The Morgan fingerprint density at radius 2 is 2.38 bits per heavy atom. The molecule has 1 saturated heterocycles. The van der Waals surface area contributed by atoms with Crippen molar-refractivity contribution in [2.24, 2.45) is 0 Å². The van der Waals surface area contributed by atoms with Gasteiger partial charge in [-0.25, -0.2) is 4.79 Å². The maximum Gasteiger partial charge on any atom is 0.330 e. The third-order valence-electron chi connectivity index (χ3n) is 2.05. The molecule has 0 aromatic carbocycles. The predicted molar refractivity (Wildman–Crippen MR) is 49.3 cm³/mol. The van der Waals surface area contributed by atoms with Crippen LogP contribution in [0.3, 0.4) is 0 Å². The maximum absolute atomic E-state index is 11.1. The summed E-state index contributed by atoms with van der Waals surface area (Å²) in [5.41, 5.74) is 0. The topological polar surface area (TPSA) is 35.5 Å². The first-order valence-corrected chi connectivity index (χ1v) is 4.76. The molecule has 0 spiro atoms. The summed E-state index contributed by atoms with van der Waals surface area (Å²) in [4.78, 5) is 11.1. The lowest BCUT2D eigenvalue weighted by atomic mass is 10.1. The standard InChI is InChI=1S/C10H16O3/c1-3-5-6-10(11)13-9-7-12-8(9)4-2/h5-6,8-9H,3-4,7H2,1-2H3. The maximum atomic E-state index is 11.1. The van der Waals surface area contributed by atoms with E-state index in [1.165, 1.54) is 6.08 Å². The minimum absolute atomic E-state index is 0.0287. The Kier molecular flexibility index (Phi) is 3.96. The monoisotopic (exact) mass is 184 g/mol. The number of esters is 1. The van der Waals surface area contributed by atoms with Crippen LogP contribution in [0.1, 0.15) is 26.7 Å². The second-order valence-corrected chi connectivity index (χ2v) is 3.07. The van der Waals surface area contributed by atoms with Crippen LogP contribution in [0.25, 0.3) is 0 Å². The van der Waals surface area contributed by atoms with E-state index in [1.54, 1.807) is 6.08 Å². The van der Waals surface area contributed by atoms with Crippen LogP contribution in [0.2, 0.25) is 0 Å². The van der Waals surface area contributed by atoms with E-state index in [0.29, 0.717) is 6.61 Å². The highest BCUT2D eigenvalue weighted by molar-refractivity contribution is 5.82. The molecule has 0 amide bonds. The van der Waals surface area contributed by atoms with Crippen molar-refractivity contribution >= 4 is 5.97 Å². The molecule has 3 heteroatoms. The summed E-state index contributed by atoms with van der Waals surface area (Å²) >= 11 is 0. The van der Waals surface area contributed by atoms with E-state index < -0.39 is 0 Å². The number of hydrogen-bond acceptors (Lipinski definition) is 3. The van der Waals surface area contributed by atoms with Crippen molar-refractivity contribution in [1.29, 1.82) is 0 Å². The number of hydrogen-bond donors (Lipinski definition) is 0. The third-order valence-corrected chi connectivity index (χ3v) is 2.05. The van der Waals surface area contributed by atoms with Gasteiger partial charge in [0, 0.05) is 6.08 Å². The lowest BCUT2D eigenvalue weighted by molar-refractivity contribution is -0.194. The summed E-state index contributed by atoms with van der Waals surface area (Å²) in [6.45, 7) is 4.54. The molecule has 1 rings (SSSR count). The Morgan fingerprint density at radius 1 is 1.62 bits per heavy atom. The number of rotatable bonds is 4. The van der Waals surface area contributed by atoms with E-state index in [2.05, 4.69) is 0 Å². The summed E-state index contributed by atoms with van der Waals surface area (Å²) in [5, 5.41) is 0. The van der Waals surface area contributed by atoms with Crippen LogP contribution in [-0.2, 0) is 14.3 Å². The quantitative estimate of drug-likeness (QED) is 0.492. The molecule has 2 atom stereocenters. The molecular weight excluding hydrogens is 168 g/mol. The summed E-state index contributed by atoms with van der Waals surface area (Å²) in [5.74, 6) is -0.256. The highest BCUT2D eigenvalue weighted by atomic mass is 16.6. The SMILES string of the molecule is CCC=CC(=O)OC1COC1CC. The molecule has 13 heavy (non-hydrogen) atoms. The fourth-order valence-corrected chi connectivity index (χ4v) is 1.20. The second kappa shape index (κ2) is 5.02. The molecule has 0 bridgehead atoms. The number of carbonyl (C=O) groups is 1. The van der Waals surface area contributed by atoms with Crippen LogP contribution in [-0.4, -0.2) is 24.8 Å². The van der Waals surface area contributed by atoms with Crippen molar-refractivity contribution in [3.8, 4) is 0 Å². The Morgan fingerprint density at radius 3 is 2.85 bits per heavy atom. The number of allylic oxidation sites excluding steroid dienone is 1. The van der Waals surface area contributed by atoms with Gasteiger partial charge in [0.25, 0.3) is 0 Å². The molecule has 0 N–H and O–H groups in total. The summed E-state index contributed by atoms with van der Waals surface area (Å²) in [7, 11) is 0. The summed E-state index contributed by atoms with van der Waals surface area (Å²) < 4.78 is 10.3. The molecule has 0 radical (unpaired) electrons. The zero-order valence-electron chi connectivity index (χ0n) is 8.16. The zero-order chi connectivity index (χ0) is 9.68. The molecular formula is C10H16O3. The third kappa shape index (κ3) is 2.84. The first-order valence-electron chi connectivity index (χ1n) is 4.76. The molecule has 0 aromatic heterocycles. The van der Waals surface area contributed by atoms with Gasteiger partial charge in [0.2, 0.25) is 0 Å². The van der Waals surface area contributed by atoms with E-state index in [0.717, 1.165) is 12.8 Å². The van der Waals surface area contributed by atoms with E-state index in [1.807, 2.05) is 13.8 Å². The molecule has 3 nitrogen and oxygen atoms in total. The average molecular weight is 184 g/mol. The smallest absolute Gasteiger partial charge is 0.330 e. The van der Waals surface area contributed by atoms with E-state index in [9.17, 15) is 4.79 Å². The van der Waals surface area contributed by atoms with Crippen LogP contribution >= 0.6 is 0 Å². The van der Waals surface area contributed by atoms with E-state index >= 15 is 0 Å². The molecule has 2 unspecified atom stereocenters. The van der Waals surface area contributed by atoms with Crippen LogP contribution < -0.4 is 0 Å². The van der Waals surface area contributed by atoms with Gasteiger partial charge in [-0.05, 0) is 12.8 Å². The van der Waals surface area contributed by atoms with Gasteiger partial charge in [0.05, 0.1) is 12.7 Å². The van der Waals surface area contributed by atoms with Crippen molar-refractivity contribution in [2.75, 3.05) is 6.61 Å². The lowest BCUT2D eigenvalue weighted by Crippen LogP contribution is -2.47. The Labute approximate surface area is 78.7 Å². The normalized spacial score (nSPS) is 27.2. The number of carbonyl (C=O) groups excluding carboxylic acids is 1. The Balaban J connectivity index is 2.24. The van der Waals surface area contributed by atoms with Crippen LogP contribution in [0.15, 0.2) is 12.2 Å². The predicted octanol–water partition coefficient (Wildman–Crippen LogP) is 1.67. The Hall–Kier alpha value is -0.830. The largest absolute Gasteiger partial charge is 0.454 e. The minimum Gasteiger partial charge on any atom is -0.454 e. The molecule has 1 heterocycles. The zero-order valence-corrected chi connectivity index (χ0v) is 8.16. The molecule has 0 aliphatic carbocycles. The van der Waals surface area contributed by atoms with Gasteiger partial charge >= 0.3 is 5.97 Å². The van der Waals surface area contributed by atoms with Gasteiger partial charge in [-0.3, -0.25) is 0 Å². The van der Waals surface area contributed by atoms with Gasteiger partial charge < -0.3 is 9.47 Å². The van der Waals surface area contributed by atoms with Crippen molar-refractivity contribution < 1.29 is 14.3 Å². The molecule has 0 saturated carbocycles. The van der Waals surface area contributed by atoms with Crippen LogP contribution in [0, 0.1) is 0 Å². The minimum atomic E-state index is -0.256. The van der Waals surface area contributed by atoms with Crippen molar-refractivity contribution in [1.82, 2.24) is 0 Å². The highest BCUT2D eigenvalue weighted by Crippen LogP contribution is 2.19. The first kappa shape index (κ1) is 10.3. The van der Waals surface area contributed by atoms with Gasteiger partial charge in [0.15, 0.2) is 6.10 Å². The Bertz CT molecular complexity index is 196. The molecule has 0 aromatic rings. The van der Waals surface area contributed by atoms with Gasteiger partial charge in [-0.2, -0.15) is 0 Å². The van der Waals surface area contributed by atoms with Crippen molar-refractivity contribution in [3.63, 3.8) is 0 Å². The van der Waals surface area contributed by atoms with E-state index in [4.69, 9.17) is 9.47 Å². The van der Waals surface area contributed by atoms with Crippen LogP contribution in [0.4, 0.5) is 0 Å². The molecule has 1 aliphatic heterocycles. The second-order valence-electron chi connectivity index (χ2n) is 3.07. The first-order chi connectivity index (χ1) is 6.27. The molecule has 74 valence electrons. The van der Waals surface area contributed by atoms with Gasteiger partial charge in [-0.15, -0.1) is 0 Å². The fourth-order valence-electron chi connectivity index (χ4n) is 1.20. The summed E-state index contributed by atoms with van der Waals surface area (Å²) in [6, 6.07) is 0. The average Bonchev–Trinajstić information content (AvgIpc) is 2.10. The van der Waals surface area contributed by atoms with Crippen molar-refractivity contribution in [2.45, 2.75) is 38.9 Å². The van der Waals surface area contributed by atoms with Crippen molar-refractivity contribution in [3.05, 3.63) is 12.2 Å². The van der Waals surface area contributed by atoms with E-state index in [-0.39, 0.29) is 18.2 Å². The van der Waals surface area contributed by atoms with Crippen LogP contribution in [0.5, 0.6) is 0 Å². The molecule has 1 aliphatic rings. The van der Waals surface area contributed by atoms with Gasteiger partial charge in [0.1, 0.15) is 0 Å². The van der Waals surface area contributed by atoms with Gasteiger partial charge in [-0.1, -0.05) is 19.9 Å². The lowest BCUT2D eigenvalue weighted by Gasteiger charge is -2.34.